The van der Waals surface area contributed by atoms with Crippen molar-refractivity contribution in [3.05, 3.63) is 16.4 Å². The molecule has 0 fully saturated rings. The van der Waals surface area contributed by atoms with Crippen molar-refractivity contribution < 1.29 is 5.11 Å². The molecule has 1 rings (SSSR count). The molecule has 0 saturated carbocycles. The van der Waals surface area contributed by atoms with Crippen molar-refractivity contribution in [3.63, 3.8) is 0 Å². The molecule has 12 heavy (non-hydrogen) atoms. The van der Waals surface area contributed by atoms with Gasteiger partial charge in [-0.25, -0.2) is 4.68 Å². The molecule has 1 aromatic heterocycles. The summed E-state index contributed by atoms with van der Waals surface area (Å²) in [5.74, 6) is 0. The van der Waals surface area contributed by atoms with E-state index >= 15 is 0 Å². The van der Waals surface area contributed by atoms with Gasteiger partial charge in [0.05, 0.1) is 10.2 Å². The molecule has 0 radical (unpaired) electrons. The van der Waals surface area contributed by atoms with Crippen molar-refractivity contribution >= 4 is 15.9 Å². The summed E-state index contributed by atoms with van der Waals surface area (Å²) in [5, 5.41) is 13.0. The Morgan fingerprint density at radius 1 is 1.58 bits per heavy atom. The SMILES string of the molecule is CC(C)(C)c1nn(CO)cc1Br. The first-order valence-electron chi connectivity index (χ1n) is 3.79. The zero-order valence-electron chi connectivity index (χ0n) is 7.50. The van der Waals surface area contributed by atoms with Crippen LogP contribution in [0, 0.1) is 0 Å². The number of aliphatic hydroxyl groups is 1. The van der Waals surface area contributed by atoms with Gasteiger partial charge in [0, 0.05) is 11.6 Å². The molecule has 0 aliphatic carbocycles. The number of aliphatic hydroxyl groups excluding tert-OH is 1. The fourth-order valence-electron chi connectivity index (χ4n) is 0.978. The molecule has 68 valence electrons. The quantitative estimate of drug-likeness (QED) is 0.804. The van der Waals surface area contributed by atoms with E-state index in [2.05, 4.69) is 41.8 Å². The molecule has 0 aliphatic heterocycles. The molecule has 0 aliphatic rings. The zero-order valence-corrected chi connectivity index (χ0v) is 9.09. The molecule has 0 unspecified atom stereocenters. The van der Waals surface area contributed by atoms with Crippen LogP contribution in [0.2, 0.25) is 0 Å². The molecule has 1 heterocycles. The van der Waals surface area contributed by atoms with Gasteiger partial charge in [0.2, 0.25) is 0 Å². The Morgan fingerprint density at radius 2 is 2.17 bits per heavy atom. The first kappa shape index (κ1) is 9.74. The van der Waals surface area contributed by atoms with Gasteiger partial charge in [-0.3, -0.25) is 0 Å². The average Bonchev–Trinajstić information content (AvgIpc) is 2.29. The minimum atomic E-state index is -0.0747. The second kappa shape index (κ2) is 3.18. The number of hydrogen-bond donors (Lipinski definition) is 1. The van der Waals surface area contributed by atoms with Crippen LogP contribution in [0.4, 0.5) is 0 Å². The first-order chi connectivity index (χ1) is 5.45. The summed E-state index contributed by atoms with van der Waals surface area (Å²) < 4.78 is 2.45. The minimum absolute atomic E-state index is 0.0131. The monoisotopic (exact) mass is 232 g/mol. The zero-order chi connectivity index (χ0) is 9.35. The summed E-state index contributed by atoms with van der Waals surface area (Å²) in [5.41, 5.74) is 0.982. The summed E-state index contributed by atoms with van der Waals surface area (Å²) in [6.07, 6.45) is 1.78. The van der Waals surface area contributed by atoms with Crippen molar-refractivity contribution in [2.45, 2.75) is 32.9 Å². The predicted molar refractivity (Wildman–Crippen MR) is 50.8 cm³/mol. The van der Waals surface area contributed by atoms with E-state index in [4.69, 9.17) is 5.11 Å². The molecule has 0 spiro atoms. The van der Waals surface area contributed by atoms with Gasteiger partial charge in [-0.2, -0.15) is 5.10 Å². The molecule has 4 heteroatoms. The Labute approximate surface area is 80.5 Å². The fraction of sp³-hybridized carbons (Fsp3) is 0.625. The lowest BCUT2D eigenvalue weighted by Gasteiger charge is -2.15. The van der Waals surface area contributed by atoms with Gasteiger partial charge in [0.1, 0.15) is 6.73 Å². The summed E-state index contributed by atoms with van der Waals surface area (Å²) in [7, 11) is 0. The third-order valence-electron chi connectivity index (χ3n) is 1.57. The summed E-state index contributed by atoms with van der Waals surface area (Å²) in [6.45, 7) is 6.18. The van der Waals surface area contributed by atoms with Crippen LogP contribution in [0.25, 0.3) is 0 Å². The third-order valence-corrected chi connectivity index (χ3v) is 2.15. The standard InChI is InChI=1S/C8H13BrN2O/c1-8(2,3)7-6(9)4-11(5-12)10-7/h4,12H,5H2,1-3H3. The van der Waals surface area contributed by atoms with Crippen molar-refractivity contribution in [2.75, 3.05) is 0 Å². The van der Waals surface area contributed by atoms with E-state index in [1.807, 2.05) is 0 Å². The Hall–Kier alpha value is -0.350. The van der Waals surface area contributed by atoms with Crippen LogP contribution in [0.15, 0.2) is 10.7 Å². The van der Waals surface area contributed by atoms with Crippen molar-refractivity contribution in [1.29, 1.82) is 0 Å². The molecule has 0 atom stereocenters. The summed E-state index contributed by atoms with van der Waals surface area (Å²) in [6, 6.07) is 0. The van der Waals surface area contributed by atoms with Crippen LogP contribution in [-0.2, 0) is 12.1 Å². The Bertz CT molecular complexity index is 275. The second-order valence-corrected chi connectivity index (χ2v) is 4.61. The summed E-state index contributed by atoms with van der Waals surface area (Å²) in [4.78, 5) is 0. The van der Waals surface area contributed by atoms with E-state index in [-0.39, 0.29) is 12.1 Å². The summed E-state index contributed by atoms with van der Waals surface area (Å²) >= 11 is 3.40. The van der Waals surface area contributed by atoms with Gasteiger partial charge in [-0.1, -0.05) is 20.8 Å². The fourth-order valence-corrected chi connectivity index (χ4v) is 1.89. The highest BCUT2D eigenvalue weighted by atomic mass is 79.9. The number of nitrogens with zero attached hydrogens (tertiary/aromatic N) is 2. The van der Waals surface area contributed by atoms with Crippen LogP contribution >= 0.6 is 15.9 Å². The second-order valence-electron chi connectivity index (χ2n) is 3.76. The Balaban J connectivity index is 3.08. The molecule has 0 saturated heterocycles. The van der Waals surface area contributed by atoms with E-state index < -0.39 is 0 Å². The van der Waals surface area contributed by atoms with Crippen LogP contribution in [0.3, 0.4) is 0 Å². The van der Waals surface area contributed by atoms with Crippen LogP contribution in [0.1, 0.15) is 26.5 Å². The normalized spacial score (nSPS) is 12.1. The number of halogens is 1. The van der Waals surface area contributed by atoms with Gasteiger partial charge in [0.25, 0.3) is 0 Å². The Kier molecular flexibility index (Phi) is 2.58. The van der Waals surface area contributed by atoms with E-state index in [0.29, 0.717) is 0 Å². The number of rotatable bonds is 1. The lowest BCUT2D eigenvalue weighted by Crippen LogP contribution is -2.13. The maximum absolute atomic E-state index is 8.82. The minimum Gasteiger partial charge on any atom is -0.374 e. The molecule has 1 N–H and O–H groups in total. The van der Waals surface area contributed by atoms with Crippen molar-refractivity contribution in [1.82, 2.24) is 9.78 Å². The molecule has 0 amide bonds. The number of aromatic nitrogens is 2. The highest BCUT2D eigenvalue weighted by Gasteiger charge is 2.20. The smallest absolute Gasteiger partial charge is 0.136 e. The Morgan fingerprint density at radius 3 is 2.42 bits per heavy atom. The van der Waals surface area contributed by atoms with E-state index in [1.54, 1.807) is 6.20 Å². The lowest BCUT2D eigenvalue weighted by molar-refractivity contribution is 0.194. The van der Waals surface area contributed by atoms with Crippen molar-refractivity contribution in [2.24, 2.45) is 0 Å². The van der Waals surface area contributed by atoms with Crippen LogP contribution < -0.4 is 0 Å². The van der Waals surface area contributed by atoms with Gasteiger partial charge < -0.3 is 5.11 Å². The molecule has 0 bridgehead atoms. The van der Waals surface area contributed by atoms with E-state index in [0.717, 1.165) is 10.2 Å². The highest BCUT2D eigenvalue weighted by Crippen LogP contribution is 2.27. The molecular weight excluding hydrogens is 220 g/mol. The third kappa shape index (κ3) is 1.87. The van der Waals surface area contributed by atoms with E-state index in [9.17, 15) is 0 Å². The molecule has 1 aromatic rings. The average molecular weight is 233 g/mol. The van der Waals surface area contributed by atoms with Gasteiger partial charge in [-0.05, 0) is 15.9 Å². The van der Waals surface area contributed by atoms with Crippen LogP contribution in [0.5, 0.6) is 0 Å². The van der Waals surface area contributed by atoms with Crippen molar-refractivity contribution in [3.8, 4) is 0 Å². The molecule has 3 nitrogen and oxygen atoms in total. The lowest BCUT2D eigenvalue weighted by atomic mass is 9.93. The maximum Gasteiger partial charge on any atom is 0.136 e. The number of hydrogen-bond acceptors (Lipinski definition) is 2. The maximum atomic E-state index is 8.82. The van der Waals surface area contributed by atoms with E-state index in [1.165, 1.54) is 4.68 Å². The van der Waals surface area contributed by atoms with Crippen LogP contribution in [-0.4, -0.2) is 14.9 Å². The molecular formula is C8H13BrN2O. The largest absolute Gasteiger partial charge is 0.374 e. The highest BCUT2D eigenvalue weighted by molar-refractivity contribution is 9.10. The molecule has 0 aromatic carbocycles. The van der Waals surface area contributed by atoms with Gasteiger partial charge in [-0.15, -0.1) is 0 Å². The van der Waals surface area contributed by atoms with Gasteiger partial charge >= 0.3 is 0 Å². The first-order valence-corrected chi connectivity index (χ1v) is 4.58. The predicted octanol–water partition coefficient (Wildman–Crippen LogP) is 1.89. The van der Waals surface area contributed by atoms with Gasteiger partial charge in [0.15, 0.2) is 0 Å². The topological polar surface area (TPSA) is 38.0 Å².